The lowest BCUT2D eigenvalue weighted by Gasteiger charge is -2.16. The number of benzene rings is 2. The molecule has 146 valence electrons. The number of sulfonamides is 1. The van der Waals surface area contributed by atoms with E-state index in [1.54, 1.807) is 30.3 Å². The molecular formula is C17H15ClF3NO4S. The average Bonchev–Trinajstić information content (AvgIpc) is 2.58. The molecule has 0 saturated heterocycles. The first-order chi connectivity index (χ1) is 12.5. The fourth-order valence-corrected chi connectivity index (χ4v) is 3.81. The van der Waals surface area contributed by atoms with E-state index in [1.807, 2.05) is 4.72 Å². The number of aliphatic carboxylic acids is 1. The topological polar surface area (TPSA) is 83.5 Å². The van der Waals surface area contributed by atoms with Gasteiger partial charge in [0.15, 0.2) is 0 Å². The predicted molar refractivity (Wildman–Crippen MR) is 93.0 cm³/mol. The van der Waals surface area contributed by atoms with E-state index in [9.17, 15) is 31.5 Å². The minimum Gasteiger partial charge on any atom is -0.480 e. The Balaban J connectivity index is 2.23. The molecule has 0 amide bonds. The number of nitrogens with one attached hydrogen (secondary N) is 1. The zero-order valence-electron chi connectivity index (χ0n) is 13.7. The third-order valence-electron chi connectivity index (χ3n) is 3.71. The second-order valence-electron chi connectivity index (χ2n) is 5.68. The molecule has 0 unspecified atom stereocenters. The zero-order chi connectivity index (χ0) is 20.2. The van der Waals surface area contributed by atoms with Gasteiger partial charge < -0.3 is 5.11 Å². The highest BCUT2D eigenvalue weighted by molar-refractivity contribution is 7.89. The van der Waals surface area contributed by atoms with E-state index in [-0.39, 0.29) is 12.8 Å². The highest BCUT2D eigenvalue weighted by Gasteiger charge is 2.35. The van der Waals surface area contributed by atoms with Crippen molar-refractivity contribution >= 4 is 27.6 Å². The van der Waals surface area contributed by atoms with Gasteiger partial charge in [0.05, 0.1) is 15.5 Å². The summed E-state index contributed by atoms with van der Waals surface area (Å²) >= 11 is 5.48. The molecule has 1 atom stereocenters. The zero-order valence-corrected chi connectivity index (χ0v) is 15.3. The lowest BCUT2D eigenvalue weighted by atomic mass is 10.1. The Labute approximate surface area is 158 Å². The van der Waals surface area contributed by atoms with Crippen LogP contribution in [-0.2, 0) is 27.4 Å². The highest BCUT2D eigenvalue weighted by Crippen LogP contribution is 2.35. The minimum absolute atomic E-state index is 0.0711. The third-order valence-corrected chi connectivity index (χ3v) is 5.51. The van der Waals surface area contributed by atoms with Crippen LogP contribution in [0.1, 0.15) is 17.5 Å². The second kappa shape index (κ2) is 8.28. The smallest absolute Gasteiger partial charge is 0.417 e. The first kappa shape index (κ1) is 21.2. The van der Waals surface area contributed by atoms with E-state index in [0.717, 1.165) is 17.7 Å². The lowest BCUT2D eigenvalue weighted by Crippen LogP contribution is -2.41. The Morgan fingerprint density at radius 2 is 1.78 bits per heavy atom. The van der Waals surface area contributed by atoms with Crippen molar-refractivity contribution < 1.29 is 31.5 Å². The number of hydrogen-bond acceptors (Lipinski definition) is 3. The van der Waals surface area contributed by atoms with E-state index in [2.05, 4.69) is 0 Å². The maximum atomic E-state index is 12.9. The number of rotatable bonds is 7. The van der Waals surface area contributed by atoms with E-state index in [1.165, 1.54) is 0 Å². The summed E-state index contributed by atoms with van der Waals surface area (Å²) in [4.78, 5) is 10.7. The Morgan fingerprint density at radius 3 is 2.33 bits per heavy atom. The van der Waals surface area contributed by atoms with Gasteiger partial charge in [0, 0.05) is 0 Å². The lowest BCUT2D eigenvalue weighted by molar-refractivity contribution is -0.139. The molecular weight excluding hydrogens is 407 g/mol. The third kappa shape index (κ3) is 5.69. The second-order valence-corrected chi connectivity index (χ2v) is 7.80. The summed E-state index contributed by atoms with van der Waals surface area (Å²) in [7, 11) is -4.50. The van der Waals surface area contributed by atoms with Crippen molar-refractivity contribution in [1.82, 2.24) is 4.72 Å². The van der Waals surface area contributed by atoms with Gasteiger partial charge in [0.1, 0.15) is 6.04 Å². The van der Waals surface area contributed by atoms with Crippen LogP contribution in [0.15, 0.2) is 53.4 Å². The van der Waals surface area contributed by atoms with Crippen LogP contribution in [0.5, 0.6) is 0 Å². The van der Waals surface area contributed by atoms with Gasteiger partial charge in [-0.3, -0.25) is 4.79 Å². The van der Waals surface area contributed by atoms with Gasteiger partial charge >= 0.3 is 12.1 Å². The van der Waals surface area contributed by atoms with E-state index < -0.39 is 43.7 Å². The van der Waals surface area contributed by atoms with Crippen LogP contribution >= 0.6 is 11.6 Å². The molecule has 0 aliphatic heterocycles. The SMILES string of the molecule is O=C(O)[C@H](CCc1ccccc1)NS(=O)(=O)c1ccc(Cl)c(C(F)(F)F)c1. The van der Waals surface area contributed by atoms with Crippen molar-refractivity contribution in [3.8, 4) is 0 Å². The molecule has 0 aromatic heterocycles. The standard InChI is InChI=1S/C17H15ClF3NO4S/c18-14-8-7-12(10-13(14)17(19,20)21)27(25,26)22-15(16(23)24)9-6-11-4-2-1-3-5-11/h1-5,7-8,10,15,22H,6,9H2,(H,23,24)/t15-/m0/s1. The number of hydrogen-bond donors (Lipinski definition) is 2. The maximum absolute atomic E-state index is 12.9. The summed E-state index contributed by atoms with van der Waals surface area (Å²) in [6.07, 6.45) is -4.64. The van der Waals surface area contributed by atoms with Crippen molar-refractivity contribution in [3.05, 3.63) is 64.7 Å². The Hall–Kier alpha value is -2.10. The number of carboxylic acid groups (broad SMARTS) is 1. The maximum Gasteiger partial charge on any atom is 0.417 e. The molecule has 0 heterocycles. The molecule has 0 spiro atoms. The minimum atomic E-state index is -4.85. The summed E-state index contributed by atoms with van der Waals surface area (Å²) in [6, 6.07) is 9.35. The molecule has 0 fully saturated rings. The monoisotopic (exact) mass is 421 g/mol. The molecule has 5 nitrogen and oxygen atoms in total. The summed E-state index contributed by atoms with van der Waals surface area (Å²) in [5.74, 6) is -1.43. The molecule has 2 aromatic carbocycles. The van der Waals surface area contributed by atoms with Gasteiger partial charge in [0.2, 0.25) is 10.0 Å². The number of carbonyl (C=O) groups is 1. The normalized spacial score (nSPS) is 13.3. The van der Waals surface area contributed by atoms with Gasteiger partial charge in [-0.15, -0.1) is 0 Å². The first-order valence-electron chi connectivity index (χ1n) is 7.66. The van der Waals surface area contributed by atoms with Crippen molar-refractivity contribution in [1.29, 1.82) is 0 Å². The van der Waals surface area contributed by atoms with Crippen LogP contribution in [0, 0.1) is 0 Å². The van der Waals surface area contributed by atoms with Gasteiger partial charge in [0.25, 0.3) is 0 Å². The van der Waals surface area contributed by atoms with Gasteiger partial charge in [-0.2, -0.15) is 17.9 Å². The molecule has 0 saturated carbocycles. The largest absolute Gasteiger partial charge is 0.480 e. The van der Waals surface area contributed by atoms with Crippen molar-refractivity contribution in [2.24, 2.45) is 0 Å². The van der Waals surface area contributed by atoms with Gasteiger partial charge in [-0.05, 0) is 36.6 Å². The van der Waals surface area contributed by atoms with Crippen LogP contribution in [0.4, 0.5) is 13.2 Å². The van der Waals surface area contributed by atoms with E-state index >= 15 is 0 Å². The average molecular weight is 422 g/mol. The summed E-state index contributed by atoms with van der Waals surface area (Å²) in [5, 5.41) is 8.61. The van der Waals surface area contributed by atoms with Crippen molar-refractivity contribution in [2.75, 3.05) is 0 Å². The molecule has 10 heteroatoms. The Bertz CT molecular complexity index is 918. The molecule has 0 radical (unpaired) electrons. The van der Waals surface area contributed by atoms with E-state index in [4.69, 9.17) is 11.6 Å². The summed E-state index contributed by atoms with van der Waals surface area (Å²) in [6.45, 7) is 0. The summed E-state index contributed by atoms with van der Waals surface area (Å²) in [5.41, 5.74) is -0.517. The van der Waals surface area contributed by atoms with Gasteiger partial charge in [-0.1, -0.05) is 41.9 Å². The Kier molecular flexibility index (Phi) is 6.50. The van der Waals surface area contributed by atoms with Gasteiger partial charge in [-0.25, -0.2) is 8.42 Å². The predicted octanol–water partition coefficient (Wildman–Crippen LogP) is 3.72. The van der Waals surface area contributed by atoms with E-state index in [0.29, 0.717) is 6.07 Å². The van der Waals surface area contributed by atoms with Crippen LogP contribution in [0.2, 0.25) is 5.02 Å². The number of aryl methyl sites for hydroxylation is 1. The molecule has 2 rings (SSSR count). The summed E-state index contributed by atoms with van der Waals surface area (Å²) < 4.78 is 65.4. The number of alkyl halides is 3. The van der Waals surface area contributed by atoms with Crippen LogP contribution in [-0.4, -0.2) is 25.5 Å². The molecule has 2 N–H and O–H groups in total. The number of carboxylic acids is 1. The molecule has 0 aliphatic rings. The van der Waals surface area contributed by atoms with Crippen LogP contribution in [0.3, 0.4) is 0 Å². The number of halogens is 4. The quantitative estimate of drug-likeness (QED) is 0.713. The fourth-order valence-electron chi connectivity index (χ4n) is 2.33. The highest BCUT2D eigenvalue weighted by atomic mass is 35.5. The first-order valence-corrected chi connectivity index (χ1v) is 9.52. The van der Waals surface area contributed by atoms with Crippen molar-refractivity contribution in [3.63, 3.8) is 0 Å². The molecule has 27 heavy (non-hydrogen) atoms. The van der Waals surface area contributed by atoms with Crippen LogP contribution < -0.4 is 4.72 Å². The molecule has 2 aromatic rings. The van der Waals surface area contributed by atoms with Crippen LogP contribution in [0.25, 0.3) is 0 Å². The van der Waals surface area contributed by atoms with Crippen molar-refractivity contribution in [2.45, 2.75) is 30.0 Å². The molecule has 0 aliphatic carbocycles. The fraction of sp³-hybridized carbons (Fsp3) is 0.235. The molecule has 0 bridgehead atoms. The Morgan fingerprint density at radius 1 is 1.15 bits per heavy atom.